The summed E-state index contributed by atoms with van der Waals surface area (Å²) in [6.45, 7) is 0. The number of hydrogen-bond donors (Lipinski definition) is 2. The molecule has 0 radical (unpaired) electrons. The Kier molecular flexibility index (Phi) is 5.85. The van der Waals surface area contributed by atoms with Crippen molar-refractivity contribution in [3.63, 3.8) is 0 Å². The van der Waals surface area contributed by atoms with Gasteiger partial charge in [-0.25, -0.2) is 4.39 Å². The smallest absolute Gasteiger partial charge is 0.416 e. The number of halogens is 5. The van der Waals surface area contributed by atoms with Crippen LogP contribution in [0.4, 0.5) is 17.6 Å². The number of aliphatic hydroxyl groups is 1. The molecule has 0 saturated carbocycles. The Balaban J connectivity index is 0.00000289. The van der Waals surface area contributed by atoms with Crippen molar-refractivity contribution in [2.45, 2.75) is 18.3 Å². The third kappa shape index (κ3) is 3.47. The van der Waals surface area contributed by atoms with Crippen molar-refractivity contribution >= 4 is 12.4 Å². The Morgan fingerprint density at radius 1 is 1.33 bits per heavy atom. The first kappa shape index (κ1) is 16.9. The molecule has 8 heteroatoms. The lowest BCUT2D eigenvalue weighted by molar-refractivity contribution is -0.210. The molecule has 0 fully saturated rings. The van der Waals surface area contributed by atoms with Crippen molar-refractivity contribution in [3.8, 4) is 5.75 Å². The van der Waals surface area contributed by atoms with Gasteiger partial charge in [-0.15, -0.1) is 12.4 Å². The summed E-state index contributed by atoms with van der Waals surface area (Å²) in [5.41, 5.74) is 4.73. The molecule has 0 spiro atoms. The molecule has 1 aromatic carbocycles. The largest absolute Gasteiger partial charge is 0.494 e. The fraction of sp³-hybridized carbons (Fsp3) is 0.400. The third-order valence-corrected chi connectivity index (χ3v) is 2.25. The second-order valence-electron chi connectivity index (χ2n) is 3.38. The summed E-state index contributed by atoms with van der Waals surface area (Å²) >= 11 is 0. The van der Waals surface area contributed by atoms with E-state index in [4.69, 9.17) is 10.8 Å². The van der Waals surface area contributed by atoms with Crippen LogP contribution >= 0.6 is 12.4 Å². The van der Waals surface area contributed by atoms with Crippen molar-refractivity contribution in [1.29, 1.82) is 0 Å². The van der Waals surface area contributed by atoms with Gasteiger partial charge in [-0.2, -0.15) is 13.2 Å². The van der Waals surface area contributed by atoms with Crippen LogP contribution in [-0.4, -0.2) is 24.5 Å². The Morgan fingerprint density at radius 3 is 2.33 bits per heavy atom. The molecule has 0 heterocycles. The Labute approximate surface area is 107 Å². The Bertz CT molecular complexity index is 400. The minimum absolute atomic E-state index is 0. The van der Waals surface area contributed by atoms with Crippen LogP contribution in [0.25, 0.3) is 0 Å². The van der Waals surface area contributed by atoms with E-state index < -0.39 is 29.7 Å². The zero-order valence-corrected chi connectivity index (χ0v) is 10.1. The van der Waals surface area contributed by atoms with Gasteiger partial charge in [0.1, 0.15) is 0 Å². The summed E-state index contributed by atoms with van der Waals surface area (Å²) in [7, 11) is 1.17. The van der Waals surface area contributed by atoms with E-state index in [2.05, 4.69) is 4.74 Å². The van der Waals surface area contributed by atoms with Crippen LogP contribution < -0.4 is 10.5 Å². The van der Waals surface area contributed by atoms with Gasteiger partial charge < -0.3 is 15.6 Å². The van der Waals surface area contributed by atoms with Gasteiger partial charge in [0.15, 0.2) is 17.7 Å². The van der Waals surface area contributed by atoms with Gasteiger partial charge >= 0.3 is 6.18 Å². The van der Waals surface area contributed by atoms with Crippen LogP contribution in [0.1, 0.15) is 11.6 Å². The molecule has 0 saturated heterocycles. The first-order valence-electron chi connectivity index (χ1n) is 4.61. The highest BCUT2D eigenvalue weighted by atomic mass is 35.5. The van der Waals surface area contributed by atoms with Crippen molar-refractivity contribution in [1.82, 2.24) is 0 Å². The van der Waals surface area contributed by atoms with Crippen LogP contribution in [0.5, 0.6) is 5.75 Å². The van der Waals surface area contributed by atoms with E-state index in [1.807, 2.05) is 0 Å². The van der Waals surface area contributed by atoms with E-state index >= 15 is 0 Å². The Hall–Kier alpha value is -1.05. The topological polar surface area (TPSA) is 55.5 Å². The Morgan fingerprint density at radius 2 is 1.89 bits per heavy atom. The van der Waals surface area contributed by atoms with E-state index in [0.717, 1.165) is 6.07 Å². The van der Waals surface area contributed by atoms with Crippen LogP contribution in [0.2, 0.25) is 0 Å². The second kappa shape index (κ2) is 6.21. The van der Waals surface area contributed by atoms with Gasteiger partial charge in [-0.1, -0.05) is 12.1 Å². The lowest BCUT2D eigenvalue weighted by Gasteiger charge is -2.22. The molecule has 18 heavy (non-hydrogen) atoms. The molecular formula is C10H12ClF4NO2. The first-order valence-corrected chi connectivity index (χ1v) is 4.61. The van der Waals surface area contributed by atoms with Crippen LogP contribution in [0.3, 0.4) is 0 Å². The average Bonchev–Trinajstić information content (AvgIpc) is 2.26. The van der Waals surface area contributed by atoms with Crippen LogP contribution in [-0.2, 0) is 0 Å². The number of nitrogens with two attached hydrogens (primary N) is 1. The normalized spacial score (nSPS) is 14.6. The van der Waals surface area contributed by atoms with Gasteiger partial charge in [-0.05, 0) is 6.07 Å². The molecule has 0 aliphatic heterocycles. The SMILES string of the molecule is COc1cccc([C@H](N)[C@H](O)C(F)(F)F)c1F.Cl. The third-order valence-electron chi connectivity index (χ3n) is 2.25. The maximum Gasteiger partial charge on any atom is 0.416 e. The molecule has 1 rings (SSSR count). The number of alkyl halides is 3. The highest BCUT2D eigenvalue weighted by molar-refractivity contribution is 5.85. The summed E-state index contributed by atoms with van der Waals surface area (Å²) in [6, 6.07) is 1.70. The number of ether oxygens (including phenoxy) is 1. The van der Waals surface area contributed by atoms with E-state index in [9.17, 15) is 17.6 Å². The zero-order valence-electron chi connectivity index (χ0n) is 9.24. The molecule has 3 nitrogen and oxygen atoms in total. The van der Waals surface area contributed by atoms with Gasteiger partial charge in [0.05, 0.1) is 13.2 Å². The zero-order chi connectivity index (χ0) is 13.2. The van der Waals surface area contributed by atoms with E-state index in [-0.39, 0.29) is 18.2 Å². The predicted molar refractivity (Wildman–Crippen MR) is 59.2 cm³/mol. The molecule has 0 aliphatic rings. The quantitative estimate of drug-likeness (QED) is 0.839. The summed E-state index contributed by atoms with van der Waals surface area (Å²) < 4.78 is 54.8. The molecule has 0 aliphatic carbocycles. The average molecular weight is 290 g/mol. The van der Waals surface area contributed by atoms with Crippen LogP contribution in [0, 0.1) is 5.82 Å². The molecule has 0 unspecified atom stereocenters. The lowest BCUT2D eigenvalue weighted by atomic mass is 10.0. The minimum atomic E-state index is -4.91. The summed E-state index contributed by atoms with van der Waals surface area (Å²) in [5, 5.41) is 8.94. The van der Waals surface area contributed by atoms with Crippen molar-refractivity contribution in [2.24, 2.45) is 5.73 Å². The van der Waals surface area contributed by atoms with Crippen LogP contribution in [0.15, 0.2) is 18.2 Å². The molecule has 104 valence electrons. The number of benzene rings is 1. The van der Waals surface area contributed by atoms with E-state index in [0.29, 0.717) is 0 Å². The standard InChI is InChI=1S/C10H11F4NO2.ClH/c1-17-6-4-2-3-5(7(6)11)8(15)9(16)10(12,13)14;/h2-4,8-9,16H,15H2,1H3;1H/t8-,9-;/m0./s1. The monoisotopic (exact) mass is 289 g/mol. The second-order valence-corrected chi connectivity index (χ2v) is 3.38. The number of hydrogen-bond acceptors (Lipinski definition) is 3. The molecule has 0 amide bonds. The van der Waals surface area contributed by atoms with E-state index in [1.54, 1.807) is 0 Å². The van der Waals surface area contributed by atoms with Gasteiger partial charge in [0, 0.05) is 5.56 Å². The van der Waals surface area contributed by atoms with Gasteiger partial charge in [0.2, 0.25) is 0 Å². The number of methoxy groups -OCH3 is 1. The molecule has 0 bridgehead atoms. The molecule has 1 aromatic rings. The highest BCUT2D eigenvalue weighted by Crippen LogP contribution is 2.32. The fourth-order valence-corrected chi connectivity index (χ4v) is 1.32. The summed E-state index contributed by atoms with van der Waals surface area (Å²) in [6.07, 6.45) is -7.74. The molecule has 3 N–H and O–H groups in total. The van der Waals surface area contributed by atoms with Gasteiger partial charge in [-0.3, -0.25) is 0 Å². The van der Waals surface area contributed by atoms with E-state index in [1.165, 1.54) is 19.2 Å². The summed E-state index contributed by atoms with van der Waals surface area (Å²) in [5.74, 6) is -1.24. The maximum atomic E-state index is 13.6. The highest BCUT2D eigenvalue weighted by Gasteiger charge is 2.43. The lowest BCUT2D eigenvalue weighted by Crippen LogP contribution is -2.39. The predicted octanol–water partition coefficient (Wildman–Crippen LogP) is 2.18. The maximum absolute atomic E-state index is 13.6. The molecular weight excluding hydrogens is 278 g/mol. The fourth-order valence-electron chi connectivity index (χ4n) is 1.32. The number of aliphatic hydroxyl groups excluding tert-OH is 1. The molecule has 2 atom stereocenters. The van der Waals surface area contributed by atoms with Crippen molar-refractivity contribution in [3.05, 3.63) is 29.6 Å². The number of rotatable bonds is 3. The summed E-state index contributed by atoms with van der Waals surface area (Å²) in [4.78, 5) is 0. The van der Waals surface area contributed by atoms with Crippen molar-refractivity contribution < 1.29 is 27.4 Å². The minimum Gasteiger partial charge on any atom is -0.494 e. The van der Waals surface area contributed by atoms with Crippen molar-refractivity contribution in [2.75, 3.05) is 7.11 Å². The first-order chi connectivity index (χ1) is 7.79. The van der Waals surface area contributed by atoms with Gasteiger partial charge in [0.25, 0.3) is 0 Å². The molecule has 0 aromatic heterocycles.